The van der Waals surface area contributed by atoms with Crippen molar-refractivity contribution in [1.82, 2.24) is 0 Å². The van der Waals surface area contributed by atoms with Gasteiger partial charge < -0.3 is 13.6 Å². The lowest BCUT2D eigenvalue weighted by Gasteiger charge is -2.35. The number of carbonyl (C=O) groups is 1. The number of furan rings is 1. The average Bonchev–Trinajstić information content (AvgIpc) is 3.05. The van der Waals surface area contributed by atoms with E-state index < -0.39 is 19.9 Å². The molecule has 0 aliphatic carbocycles. The highest BCUT2D eigenvalue weighted by molar-refractivity contribution is 6.73. The summed E-state index contributed by atoms with van der Waals surface area (Å²) >= 11 is 0. The molecule has 0 spiro atoms. The lowest BCUT2D eigenvalue weighted by atomic mass is 10.0. The van der Waals surface area contributed by atoms with E-state index in [1.165, 1.54) is 6.26 Å². The summed E-state index contributed by atoms with van der Waals surface area (Å²) in [5.74, 6) is -0.509. The van der Waals surface area contributed by atoms with E-state index in [2.05, 4.69) is 0 Å². The summed E-state index contributed by atoms with van der Waals surface area (Å²) in [6.45, 7) is 8.00. The molecule has 0 bridgehead atoms. The Balaban J connectivity index is 3.32. The third-order valence-electron chi connectivity index (χ3n) is 3.89. The minimum absolute atomic E-state index is 0.186. The molecule has 0 radical (unpaired) electrons. The molecule has 1 rings (SSSR count). The number of rotatable bonds is 8. The Hall–Kier alpha value is -1.58. The Kier molecular flexibility index (Phi) is 6.18. The SMILES string of the molecule is CCOC(=O)C(C#N)(O[Si](CC)(CC)CC)c1ccco1. The van der Waals surface area contributed by atoms with E-state index in [1.54, 1.807) is 19.1 Å². The number of hydrogen-bond donors (Lipinski definition) is 0. The molecule has 0 amide bonds. The van der Waals surface area contributed by atoms with Gasteiger partial charge in [-0.1, -0.05) is 20.8 Å². The summed E-state index contributed by atoms with van der Waals surface area (Å²) in [4.78, 5) is 12.4. The van der Waals surface area contributed by atoms with Gasteiger partial charge in [0, 0.05) is 0 Å². The molecule has 116 valence electrons. The fourth-order valence-corrected chi connectivity index (χ4v) is 5.13. The van der Waals surface area contributed by atoms with E-state index in [0.717, 1.165) is 18.1 Å². The maximum atomic E-state index is 12.4. The van der Waals surface area contributed by atoms with Crippen molar-refractivity contribution in [2.24, 2.45) is 0 Å². The van der Waals surface area contributed by atoms with Crippen molar-refractivity contribution in [2.75, 3.05) is 6.61 Å². The van der Waals surface area contributed by atoms with Crippen LogP contribution in [0.5, 0.6) is 0 Å². The molecule has 0 N–H and O–H groups in total. The van der Waals surface area contributed by atoms with Crippen LogP contribution in [0, 0.1) is 11.3 Å². The minimum Gasteiger partial charge on any atom is -0.464 e. The van der Waals surface area contributed by atoms with E-state index in [4.69, 9.17) is 13.6 Å². The molecule has 6 heteroatoms. The number of carbonyl (C=O) groups excluding carboxylic acids is 1. The highest BCUT2D eigenvalue weighted by Crippen LogP contribution is 2.35. The number of esters is 1. The van der Waals surface area contributed by atoms with Gasteiger partial charge >= 0.3 is 11.6 Å². The number of ether oxygens (including phenoxy) is 1. The normalized spacial score (nSPS) is 14.2. The van der Waals surface area contributed by atoms with Crippen LogP contribution in [0.25, 0.3) is 0 Å². The first-order valence-electron chi connectivity index (χ1n) is 7.36. The van der Waals surface area contributed by atoms with Gasteiger partial charge in [-0.15, -0.1) is 0 Å². The third-order valence-corrected chi connectivity index (χ3v) is 8.50. The second kappa shape index (κ2) is 7.43. The van der Waals surface area contributed by atoms with Crippen LogP contribution in [-0.2, 0) is 19.6 Å². The van der Waals surface area contributed by atoms with Gasteiger partial charge in [0.05, 0.1) is 12.9 Å². The Bertz CT molecular complexity index is 482. The quantitative estimate of drug-likeness (QED) is 0.542. The fraction of sp³-hybridized carbons (Fsp3) is 0.600. The molecule has 1 atom stereocenters. The lowest BCUT2D eigenvalue weighted by molar-refractivity contribution is -0.159. The Morgan fingerprint density at radius 2 is 1.95 bits per heavy atom. The van der Waals surface area contributed by atoms with Crippen LogP contribution in [0.1, 0.15) is 33.5 Å². The van der Waals surface area contributed by atoms with Crippen molar-refractivity contribution in [3.63, 3.8) is 0 Å². The molecular formula is C15H23NO4Si. The van der Waals surface area contributed by atoms with E-state index in [9.17, 15) is 10.1 Å². The number of nitrogens with zero attached hydrogens (tertiary/aromatic N) is 1. The fourth-order valence-electron chi connectivity index (χ4n) is 2.32. The first kappa shape index (κ1) is 17.5. The molecule has 0 saturated heterocycles. The first-order chi connectivity index (χ1) is 10.0. The largest absolute Gasteiger partial charge is 0.464 e. The Morgan fingerprint density at radius 3 is 2.33 bits per heavy atom. The predicted molar refractivity (Wildman–Crippen MR) is 80.9 cm³/mol. The number of hydrogen-bond acceptors (Lipinski definition) is 5. The molecule has 0 aliphatic rings. The van der Waals surface area contributed by atoms with Crippen molar-refractivity contribution in [1.29, 1.82) is 5.26 Å². The van der Waals surface area contributed by atoms with Gasteiger partial charge in [-0.05, 0) is 37.2 Å². The van der Waals surface area contributed by atoms with Crippen LogP contribution in [0.4, 0.5) is 0 Å². The van der Waals surface area contributed by atoms with Crippen molar-refractivity contribution >= 4 is 14.3 Å². The average molecular weight is 309 g/mol. The van der Waals surface area contributed by atoms with Crippen molar-refractivity contribution in [3.05, 3.63) is 24.2 Å². The molecule has 1 heterocycles. The van der Waals surface area contributed by atoms with Crippen LogP contribution in [0.3, 0.4) is 0 Å². The van der Waals surface area contributed by atoms with Crippen molar-refractivity contribution < 1.29 is 18.4 Å². The molecule has 0 saturated carbocycles. The molecule has 5 nitrogen and oxygen atoms in total. The predicted octanol–water partition coefficient (Wildman–Crippen LogP) is 3.58. The lowest BCUT2D eigenvalue weighted by Crippen LogP contribution is -2.49. The maximum Gasteiger partial charge on any atom is 0.360 e. The van der Waals surface area contributed by atoms with Crippen LogP contribution in [0.2, 0.25) is 18.1 Å². The highest BCUT2D eigenvalue weighted by Gasteiger charge is 2.51. The van der Waals surface area contributed by atoms with Crippen LogP contribution >= 0.6 is 0 Å². The van der Waals surface area contributed by atoms with E-state index >= 15 is 0 Å². The smallest absolute Gasteiger partial charge is 0.360 e. The van der Waals surface area contributed by atoms with E-state index in [1.807, 2.05) is 26.8 Å². The molecule has 1 aromatic rings. The summed E-state index contributed by atoms with van der Waals surface area (Å²) in [6.07, 6.45) is 1.43. The summed E-state index contributed by atoms with van der Waals surface area (Å²) < 4.78 is 16.6. The van der Waals surface area contributed by atoms with Gasteiger partial charge in [-0.2, -0.15) is 5.26 Å². The van der Waals surface area contributed by atoms with Gasteiger partial charge in [0.2, 0.25) is 0 Å². The molecule has 0 fully saturated rings. The van der Waals surface area contributed by atoms with Crippen LogP contribution in [-0.4, -0.2) is 20.9 Å². The first-order valence-corrected chi connectivity index (χ1v) is 9.89. The molecular weight excluding hydrogens is 286 g/mol. The Morgan fingerprint density at radius 1 is 1.33 bits per heavy atom. The van der Waals surface area contributed by atoms with Crippen LogP contribution in [0.15, 0.2) is 22.8 Å². The van der Waals surface area contributed by atoms with Gasteiger partial charge in [0.1, 0.15) is 6.07 Å². The van der Waals surface area contributed by atoms with E-state index in [0.29, 0.717) is 0 Å². The van der Waals surface area contributed by atoms with E-state index in [-0.39, 0.29) is 12.4 Å². The summed E-state index contributed by atoms with van der Waals surface area (Å²) in [6, 6.07) is 7.69. The topological polar surface area (TPSA) is 72.5 Å². The zero-order valence-electron chi connectivity index (χ0n) is 13.1. The van der Waals surface area contributed by atoms with Gasteiger partial charge in [-0.3, -0.25) is 0 Å². The van der Waals surface area contributed by atoms with Crippen molar-refractivity contribution in [2.45, 2.75) is 51.4 Å². The maximum absolute atomic E-state index is 12.4. The molecule has 1 aromatic heterocycles. The third kappa shape index (κ3) is 3.36. The van der Waals surface area contributed by atoms with Gasteiger partial charge in [0.25, 0.3) is 0 Å². The standard InChI is InChI=1S/C15H23NO4Si/c1-5-18-14(17)15(12-16,13-10-9-11-19-13)20-21(6-2,7-3)8-4/h9-11H,5-8H2,1-4H3. The summed E-state index contributed by atoms with van der Waals surface area (Å²) in [5.41, 5.74) is -1.80. The molecule has 0 aliphatic heterocycles. The summed E-state index contributed by atoms with van der Waals surface area (Å²) in [5, 5.41) is 9.68. The van der Waals surface area contributed by atoms with Crippen LogP contribution < -0.4 is 0 Å². The molecule has 0 aromatic carbocycles. The molecule has 21 heavy (non-hydrogen) atoms. The Labute approximate surface area is 127 Å². The zero-order valence-corrected chi connectivity index (χ0v) is 14.1. The molecule has 1 unspecified atom stereocenters. The van der Waals surface area contributed by atoms with Gasteiger partial charge in [-0.25, -0.2) is 4.79 Å². The summed E-state index contributed by atoms with van der Waals surface area (Å²) in [7, 11) is -2.21. The zero-order chi connectivity index (χ0) is 15.9. The second-order valence-electron chi connectivity index (χ2n) is 4.84. The minimum atomic E-state index is -2.21. The van der Waals surface area contributed by atoms with Gasteiger partial charge in [0.15, 0.2) is 14.1 Å². The highest BCUT2D eigenvalue weighted by atomic mass is 28.4. The second-order valence-corrected chi connectivity index (χ2v) is 9.53. The number of nitriles is 1. The monoisotopic (exact) mass is 309 g/mol. The van der Waals surface area contributed by atoms with Crippen molar-refractivity contribution in [3.8, 4) is 6.07 Å².